The predicted molar refractivity (Wildman–Crippen MR) is 38.1 cm³/mol. The van der Waals surface area contributed by atoms with Crippen LogP contribution in [-0.2, 0) is 0 Å². The van der Waals surface area contributed by atoms with Crippen LogP contribution in [0.15, 0.2) is 23.8 Å². The van der Waals surface area contributed by atoms with Crippen molar-refractivity contribution in [3.63, 3.8) is 0 Å². The quantitative estimate of drug-likeness (QED) is 0.610. The highest BCUT2D eigenvalue weighted by Gasteiger charge is 1.94. The van der Waals surface area contributed by atoms with Crippen LogP contribution in [0.1, 0.15) is 0 Å². The van der Waals surface area contributed by atoms with Crippen molar-refractivity contribution >= 4 is 11.3 Å². The molecule has 4 heteroatoms. The lowest BCUT2D eigenvalue weighted by atomic mass is 10.7. The average molecular weight is 150 g/mol. The van der Waals surface area contributed by atoms with Crippen LogP contribution < -0.4 is 0 Å². The van der Waals surface area contributed by atoms with E-state index in [1.807, 2.05) is 17.6 Å². The molecule has 0 aliphatic heterocycles. The van der Waals surface area contributed by atoms with E-state index in [1.54, 1.807) is 10.9 Å². The van der Waals surface area contributed by atoms with Gasteiger partial charge in [0.25, 0.3) is 0 Å². The van der Waals surface area contributed by atoms with E-state index < -0.39 is 0 Å². The minimum absolute atomic E-state index is 0.829. The molecule has 10 heavy (non-hydrogen) atoms. The fraction of sp³-hybridized carbons (Fsp3) is 0. The Morgan fingerprint density at radius 1 is 1.60 bits per heavy atom. The smallest absolute Gasteiger partial charge is 0.165 e. The highest BCUT2D eigenvalue weighted by molar-refractivity contribution is 7.07. The van der Waals surface area contributed by atoms with Crippen molar-refractivity contribution in [2.24, 2.45) is 0 Å². The first-order valence-corrected chi connectivity index (χ1v) is 3.66. The van der Waals surface area contributed by atoms with Gasteiger partial charge in [0.1, 0.15) is 0 Å². The summed E-state index contributed by atoms with van der Waals surface area (Å²) < 4.78 is 1.70. The third kappa shape index (κ3) is 0.823. The van der Waals surface area contributed by atoms with E-state index in [1.165, 1.54) is 11.3 Å². The lowest BCUT2D eigenvalue weighted by Crippen LogP contribution is -1.92. The summed E-state index contributed by atoms with van der Waals surface area (Å²) in [6, 6.07) is 1.86. The van der Waals surface area contributed by atoms with E-state index in [0.717, 1.165) is 5.82 Å². The van der Waals surface area contributed by atoms with Crippen LogP contribution in [0, 0.1) is 5.51 Å². The third-order valence-electron chi connectivity index (χ3n) is 1.12. The fourth-order valence-electron chi connectivity index (χ4n) is 0.688. The van der Waals surface area contributed by atoms with Crippen molar-refractivity contribution in [2.75, 3.05) is 0 Å². The molecule has 0 saturated carbocycles. The number of nitrogens with zero attached hydrogens (tertiary/aromatic N) is 3. The van der Waals surface area contributed by atoms with Crippen LogP contribution in [0.3, 0.4) is 0 Å². The molecule has 0 spiro atoms. The van der Waals surface area contributed by atoms with Gasteiger partial charge in [-0.25, -0.2) is 9.67 Å². The van der Waals surface area contributed by atoms with Crippen molar-refractivity contribution in [3.8, 4) is 5.82 Å². The summed E-state index contributed by atoms with van der Waals surface area (Å²) in [6.07, 6.45) is 3.57. The van der Waals surface area contributed by atoms with Gasteiger partial charge in [0.2, 0.25) is 0 Å². The molecule has 0 aliphatic rings. The van der Waals surface area contributed by atoms with Gasteiger partial charge in [-0.05, 0) is 6.07 Å². The van der Waals surface area contributed by atoms with Gasteiger partial charge in [0, 0.05) is 17.8 Å². The van der Waals surface area contributed by atoms with Crippen LogP contribution >= 0.6 is 11.3 Å². The van der Waals surface area contributed by atoms with E-state index in [0.29, 0.717) is 0 Å². The number of thiazole rings is 1. The van der Waals surface area contributed by atoms with Gasteiger partial charge < -0.3 is 0 Å². The van der Waals surface area contributed by atoms with Gasteiger partial charge in [-0.2, -0.15) is 5.10 Å². The summed E-state index contributed by atoms with van der Waals surface area (Å²) in [5.41, 5.74) is 2.75. The Balaban J connectivity index is 2.48. The molecule has 2 aromatic heterocycles. The maximum absolute atomic E-state index is 4.00. The first kappa shape index (κ1) is 5.61. The van der Waals surface area contributed by atoms with Gasteiger partial charge >= 0.3 is 0 Å². The number of aromatic nitrogens is 3. The maximum Gasteiger partial charge on any atom is 0.165 e. The Labute approximate surface area is 62.0 Å². The van der Waals surface area contributed by atoms with E-state index in [2.05, 4.69) is 15.6 Å². The zero-order chi connectivity index (χ0) is 6.81. The molecule has 0 amide bonds. The van der Waals surface area contributed by atoms with Crippen LogP contribution in [0.25, 0.3) is 5.82 Å². The number of rotatable bonds is 1. The molecule has 0 atom stereocenters. The van der Waals surface area contributed by atoms with Gasteiger partial charge in [-0.3, -0.25) is 0 Å². The molecule has 0 N–H and O–H groups in total. The van der Waals surface area contributed by atoms with Gasteiger partial charge in [0.15, 0.2) is 11.3 Å². The van der Waals surface area contributed by atoms with Gasteiger partial charge in [-0.1, -0.05) is 0 Å². The second-order valence-electron chi connectivity index (χ2n) is 1.75. The molecule has 0 fully saturated rings. The highest BCUT2D eigenvalue weighted by atomic mass is 32.1. The molecule has 1 radical (unpaired) electrons. The van der Waals surface area contributed by atoms with Crippen LogP contribution in [0.5, 0.6) is 0 Å². The first-order chi connectivity index (χ1) is 4.97. The molecule has 2 aromatic rings. The highest BCUT2D eigenvalue weighted by Crippen LogP contribution is 2.04. The summed E-state index contributed by atoms with van der Waals surface area (Å²) in [5.74, 6) is 0.829. The number of hydrogen-bond acceptors (Lipinski definition) is 3. The van der Waals surface area contributed by atoms with E-state index in [9.17, 15) is 0 Å². The minimum Gasteiger partial charge on any atom is -0.222 e. The Bertz CT molecular complexity index is 252. The van der Waals surface area contributed by atoms with Crippen LogP contribution in [0.2, 0.25) is 0 Å². The van der Waals surface area contributed by atoms with Crippen LogP contribution in [-0.4, -0.2) is 14.8 Å². The molecule has 0 aromatic carbocycles. The van der Waals surface area contributed by atoms with Gasteiger partial charge in [0.05, 0.1) is 0 Å². The Hall–Kier alpha value is -1.16. The lowest BCUT2D eigenvalue weighted by molar-refractivity contribution is 0.854. The summed E-state index contributed by atoms with van der Waals surface area (Å²) in [5, 5.41) is 5.90. The summed E-state index contributed by atoms with van der Waals surface area (Å²) in [7, 11) is 0. The van der Waals surface area contributed by atoms with Crippen molar-refractivity contribution in [2.45, 2.75) is 0 Å². The molecule has 2 heterocycles. The van der Waals surface area contributed by atoms with E-state index in [4.69, 9.17) is 0 Å². The average Bonchev–Trinajstić information content (AvgIpc) is 2.59. The fourth-order valence-corrected chi connectivity index (χ4v) is 1.15. The third-order valence-corrected chi connectivity index (χ3v) is 1.64. The minimum atomic E-state index is 0.829. The Kier molecular flexibility index (Phi) is 1.25. The van der Waals surface area contributed by atoms with Crippen molar-refractivity contribution in [1.82, 2.24) is 14.8 Å². The first-order valence-electron chi connectivity index (χ1n) is 2.78. The van der Waals surface area contributed by atoms with E-state index in [-0.39, 0.29) is 0 Å². The molecule has 3 nitrogen and oxygen atoms in total. The van der Waals surface area contributed by atoms with Crippen molar-refractivity contribution < 1.29 is 0 Å². The van der Waals surface area contributed by atoms with Gasteiger partial charge in [-0.15, -0.1) is 11.3 Å². The second kappa shape index (κ2) is 2.22. The maximum atomic E-state index is 4.00. The Morgan fingerprint density at radius 2 is 2.60 bits per heavy atom. The molecule has 0 aliphatic carbocycles. The lowest BCUT2D eigenvalue weighted by Gasteiger charge is -1.90. The zero-order valence-corrected chi connectivity index (χ0v) is 5.88. The zero-order valence-electron chi connectivity index (χ0n) is 5.06. The molecular weight excluding hydrogens is 146 g/mol. The normalized spacial score (nSPS) is 10.0. The number of hydrogen-bond donors (Lipinski definition) is 0. The van der Waals surface area contributed by atoms with Crippen LogP contribution in [0.4, 0.5) is 0 Å². The van der Waals surface area contributed by atoms with Crippen molar-refractivity contribution in [3.05, 3.63) is 29.4 Å². The monoisotopic (exact) mass is 150 g/mol. The van der Waals surface area contributed by atoms with E-state index >= 15 is 0 Å². The molecule has 49 valence electrons. The molecule has 2 rings (SSSR count). The molecule has 0 saturated heterocycles. The molecule has 0 bridgehead atoms. The largest absolute Gasteiger partial charge is 0.222 e. The topological polar surface area (TPSA) is 30.7 Å². The SMILES string of the molecule is [c]1nc(-n2cccn2)cs1. The Morgan fingerprint density at radius 3 is 3.20 bits per heavy atom. The summed E-state index contributed by atoms with van der Waals surface area (Å²) in [4.78, 5) is 3.95. The standard InChI is InChI=1S/C6H4N3S/c1-2-8-9(3-1)6-4-10-5-7-6/h1-4H. The summed E-state index contributed by atoms with van der Waals surface area (Å²) in [6.45, 7) is 0. The summed E-state index contributed by atoms with van der Waals surface area (Å²) >= 11 is 1.44. The molecule has 0 unspecified atom stereocenters. The predicted octanol–water partition coefficient (Wildman–Crippen LogP) is 1.13. The van der Waals surface area contributed by atoms with Crippen molar-refractivity contribution in [1.29, 1.82) is 0 Å². The molecular formula is C6H4N3S. The second-order valence-corrected chi connectivity index (χ2v) is 2.40.